The van der Waals surface area contributed by atoms with Crippen molar-refractivity contribution in [1.82, 2.24) is 19.7 Å². The van der Waals surface area contributed by atoms with Gasteiger partial charge in [-0.05, 0) is 30.5 Å². The molecule has 3 aromatic rings. The lowest BCUT2D eigenvalue weighted by molar-refractivity contribution is 0.527. The molecule has 0 fully saturated rings. The van der Waals surface area contributed by atoms with E-state index in [0.717, 1.165) is 22.2 Å². The van der Waals surface area contributed by atoms with Crippen molar-refractivity contribution in [2.75, 3.05) is 0 Å². The summed E-state index contributed by atoms with van der Waals surface area (Å²) >= 11 is 0. The summed E-state index contributed by atoms with van der Waals surface area (Å²) in [6.45, 7) is 2.60. The summed E-state index contributed by atoms with van der Waals surface area (Å²) in [5, 5.41) is 8.66. The monoisotopic (exact) mass is 296 g/mol. The third-order valence-electron chi connectivity index (χ3n) is 4.11. The third kappa shape index (κ3) is 2.55. The number of nitrogens with one attached hydrogen (secondary N) is 1. The number of aryl methyl sites for hydroxylation is 2. The van der Waals surface area contributed by atoms with Crippen LogP contribution in [0.2, 0.25) is 0 Å². The smallest absolute Gasteiger partial charge is 0.255 e. The van der Waals surface area contributed by atoms with Gasteiger partial charge in [0.15, 0.2) is 0 Å². The summed E-state index contributed by atoms with van der Waals surface area (Å²) in [6, 6.07) is 12.0. The summed E-state index contributed by atoms with van der Waals surface area (Å²) in [7, 11) is 3.74. The van der Waals surface area contributed by atoms with Crippen molar-refractivity contribution in [3.63, 3.8) is 0 Å². The predicted octanol–water partition coefficient (Wildman–Crippen LogP) is 2.12. The Hall–Kier alpha value is -2.40. The number of nitrogens with zero attached hydrogens (tertiary/aromatic N) is 3. The highest BCUT2D eigenvalue weighted by molar-refractivity contribution is 5.79. The molecule has 0 radical (unpaired) electrons. The maximum atomic E-state index is 12.5. The van der Waals surface area contributed by atoms with Gasteiger partial charge in [-0.3, -0.25) is 9.48 Å². The van der Waals surface area contributed by atoms with Crippen LogP contribution < -0.4 is 10.9 Å². The van der Waals surface area contributed by atoms with Crippen molar-refractivity contribution in [2.45, 2.75) is 19.5 Å². The molecule has 0 aliphatic heterocycles. The zero-order chi connectivity index (χ0) is 15.7. The summed E-state index contributed by atoms with van der Waals surface area (Å²) in [4.78, 5) is 12.5. The first kappa shape index (κ1) is 14.5. The maximum Gasteiger partial charge on any atom is 0.255 e. The van der Waals surface area contributed by atoms with E-state index in [2.05, 4.69) is 17.3 Å². The second-order valence-electron chi connectivity index (χ2n) is 5.57. The van der Waals surface area contributed by atoms with Crippen LogP contribution in [0.1, 0.15) is 24.2 Å². The normalized spacial score (nSPS) is 12.7. The summed E-state index contributed by atoms with van der Waals surface area (Å²) in [5.41, 5.74) is 2.87. The highest BCUT2D eigenvalue weighted by atomic mass is 16.1. The van der Waals surface area contributed by atoms with Gasteiger partial charge in [-0.25, -0.2) is 0 Å². The molecule has 0 spiro atoms. The molecule has 1 atom stereocenters. The molecule has 22 heavy (non-hydrogen) atoms. The Morgan fingerprint density at radius 2 is 2.00 bits per heavy atom. The van der Waals surface area contributed by atoms with Gasteiger partial charge in [-0.2, -0.15) is 5.10 Å². The van der Waals surface area contributed by atoms with Gasteiger partial charge in [0.25, 0.3) is 5.56 Å². The number of pyridine rings is 1. The summed E-state index contributed by atoms with van der Waals surface area (Å²) in [6.07, 6.45) is 1.78. The molecule has 1 aromatic carbocycles. The first-order valence-corrected chi connectivity index (χ1v) is 7.37. The Kier molecular flexibility index (Phi) is 3.81. The topological polar surface area (TPSA) is 51.9 Å². The van der Waals surface area contributed by atoms with Crippen molar-refractivity contribution in [2.24, 2.45) is 14.1 Å². The minimum atomic E-state index is 0.0448. The number of fused-ring (bicyclic) bond motifs is 1. The molecule has 0 bridgehead atoms. The fourth-order valence-electron chi connectivity index (χ4n) is 2.79. The number of hydrogen-bond acceptors (Lipinski definition) is 3. The Balaban J connectivity index is 1.87. The van der Waals surface area contributed by atoms with E-state index in [-0.39, 0.29) is 11.6 Å². The van der Waals surface area contributed by atoms with Gasteiger partial charge >= 0.3 is 0 Å². The van der Waals surface area contributed by atoms with Crippen LogP contribution in [0.3, 0.4) is 0 Å². The van der Waals surface area contributed by atoms with Gasteiger partial charge in [-0.1, -0.05) is 18.2 Å². The average molecular weight is 296 g/mol. The SMILES string of the molecule is CC(NCc1cc2ccccc2n(C)c1=O)c1ccnn1C. The van der Waals surface area contributed by atoms with E-state index in [4.69, 9.17) is 0 Å². The number of hydrogen-bond donors (Lipinski definition) is 1. The molecule has 114 valence electrons. The van der Waals surface area contributed by atoms with Crippen molar-refractivity contribution >= 4 is 10.9 Å². The van der Waals surface area contributed by atoms with Crippen LogP contribution in [0.5, 0.6) is 0 Å². The molecule has 0 amide bonds. The van der Waals surface area contributed by atoms with Gasteiger partial charge < -0.3 is 9.88 Å². The minimum absolute atomic E-state index is 0.0448. The maximum absolute atomic E-state index is 12.5. The molecule has 0 aliphatic carbocycles. The van der Waals surface area contributed by atoms with Crippen LogP contribution in [0.4, 0.5) is 0 Å². The lowest BCUT2D eigenvalue weighted by Crippen LogP contribution is -2.27. The summed E-state index contributed by atoms with van der Waals surface area (Å²) in [5.74, 6) is 0. The van der Waals surface area contributed by atoms with E-state index in [1.807, 2.05) is 55.2 Å². The zero-order valence-corrected chi connectivity index (χ0v) is 13.1. The quantitative estimate of drug-likeness (QED) is 0.802. The van der Waals surface area contributed by atoms with E-state index in [0.29, 0.717) is 6.54 Å². The Labute approximate surface area is 129 Å². The van der Waals surface area contributed by atoms with Crippen LogP contribution in [-0.2, 0) is 20.6 Å². The van der Waals surface area contributed by atoms with Crippen molar-refractivity contribution < 1.29 is 0 Å². The minimum Gasteiger partial charge on any atom is -0.311 e. The van der Waals surface area contributed by atoms with Crippen LogP contribution in [0, 0.1) is 0 Å². The standard InChI is InChI=1S/C17H20N4O/c1-12(15-8-9-19-21(15)3)18-11-14-10-13-6-4-5-7-16(13)20(2)17(14)22/h4-10,12,18H,11H2,1-3H3. The second kappa shape index (κ2) is 5.77. The molecule has 2 aromatic heterocycles. The van der Waals surface area contributed by atoms with E-state index < -0.39 is 0 Å². The Bertz CT molecular complexity index is 862. The first-order valence-electron chi connectivity index (χ1n) is 7.37. The van der Waals surface area contributed by atoms with Crippen LogP contribution >= 0.6 is 0 Å². The molecule has 5 heteroatoms. The molecule has 2 heterocycles. The average Bonchev–Trinajstić information content (AvgIpc) is 2.95. The van der Waals surface area contributed by atoms with Gasteiger partial charge in [-0.15, -0.1) is 0 Å². The highest BCUT2D eigenvalue weighted by Gasteiger charge is 2.11. The molecule has 0 saturated heterocycles. The molecule has 1 unspecified atom stereocenters. The largest absolute Gasteiger partial charge is 0.311 e. The lowest BCUT2D eigenvalue weighted by Gasteiger charge is -2.15. The summed E-state index contributed by atoms with van der Waals surface area (Å²) < 4.78 is 3.55. The molecule has 5 nitrogen and oxygen atoms in total. The number of benzene rings is 1. The van der Waals surface area contributed by atoms with Gasteiger partial charge in [0.05, 0.1) is 11.2 Å². The lowest BCUT2D eigenvalue weighted by atomic mass is 10.1. The van der Waals surface area contributed by atoms with E-state index in [1.165, 1.54) is 0 Å². The molecular weight excluding hydrogens is 276 g/mol. The van der Waals surface area contributed by atoms with Crippen LogP contribution in [0.25, 0.3) is 10.9 Å². The van der Waals surface area contributed by atoms with Crippen LogP contribution in [0.15, 0.2) is 47.4 Å². The van der Waals surface area contributed by atoms with Gasteiger partial charge in [0, 0.05) is 38.4 Å². The van der Waals surface area contributed by atoms with Crippen molar-refractivity contribution in [1.29, 1.82) is 0 Å². The fraction of sp³-hybridized carbons (Fsp3) is 0.294. The Morgan fingerprint density at radius 3 is 2.73 bits per heavy atom. The predicted molar refractivity (Wildman–Crippen MR) is 87.7 cm³/mol. The fourth-order valence-corrected chi connectivity index (χ4v) is 2.79. The van der Waals surface area contributed by atoms with Crippen molar-refractivity contribution in [3.8, 4) is 0 Å². The van der Waals surface area contributed by atoms with E-state index in [9.17, 15) is 4.79 Å². The molecule has 1 N–H and O–H groups in total. The first-order chi connectivity index (χ1) is 10.6. The second-order valence-corrected chi connectivity index (χ2v) is 5.57. The highest BCUT2D eigenvalue weighted by Crippen LogP contribution is 2.14. The van der Waals surface area contributed by atoms with Crippen LogP contribution in [-0.4, -0.2) is 14.3 Å². The number of para-hydroxylation sites is 1. The number of rotatable bonds is 4. The zero-order valence-electron chi connectivity index (χ0n) is 13.1. The van der Waals surface area contributed by atoms with Crippen molar-refractivity contribution in [3.05, 3.63) is 64.2 Å². The third-order valence-corrected chi connectivity index (χ3v) is 4.11. The molecule has 0 aliphatic rings. The Morgan fingerprint density at radius 1 is 1.23 bits per heavy atom. The van der Waals surface area contributed by atoms with Gasteiger partial charge in [0.1, 0.15) is 0 Å². The molecule has 0 saturated carbocycles. The molecule has 3 rings (SSSR count). The molecular formula is C17H20N4O. The van der Waals surface area contributed by atoms with Gasteiger partial charge in [0.2, 0.25) is 0 Å². The van der Waals surface area contributed by atoms with E-state index in [1.54, 1.807) is 10.8 Å². The number of aromatic nitrogens is 3. The van der Waals surface area contributed by atoms with E-state index >= 15 is 0 Å².